The minimum atomic E-state index is -0.0592. The van der Waals surface area contributed by atoms with E-state index in [4.69, 9.17) is 0 Å². The van der Waals surface area contributed by atoms with Gasteiger partial charge in [0.05, 0.1) is 5.69 Å². The predicted octanol–water partition coefficient (Wildman–Crippen LogP) is 5.58. The van der Waals surface area contributed by atoms with E-state index in [-0.39, 0.29) is 11.8 Å². The van der Waals surface area contributed by atoms with Crippen molar-refractivity contribution < 1.29 is 9.59 Å². The number of amides is 2. The molecule has 2 aromatic carbocycles. The highest BCUT2D eigenvalue weighted by atomic mass is 16.2. The van der Waals surface area contributed by atoms with Gasteiger partial charge in [-0.15, -0.1) is 0 Å². The lowest BCUT2D eigenvalue weighted by atomic mass is 10.0. The predicted molar refractivity (Wildman–Crippen MR) is 171 cm³/mol. The average molecular weight is 579 g/mol. The summed E-state index contributed by atoms with van der Waals surface area (Å²) in [6.45, 7) is 9.77. The topological polar surface area (TPSA) is 74.6 Å². The van der Waals surface area contributed by atoms with Crippen LogP contribution in [0, 0.1) is 5.92 Å². The van der Waals surface area contributed by atoms with Crippen LogP contribution in [0.25, 0.3) is 11.1 Å². The fraction of sp³-hybridized carbons (Fsp3) is 0.371. The quantitative estimate of drug-likeness (QED) is 0.299. The van der Waals surface area contributed by atoms with Crippen molar-refractivity contribution in [2.24, 2.45) is 13.0 Å². The Bertz CT molecular complexity index is 1530. The van der Waals surface area contributed by atoms with E-state index in [0.717, 1.165) is 60.5 Å². The van der Waals surface area contributed by atoms with Gasteiger partial charge in [0.15, 0.2) is 0 Å². The number of hydrogen-bond donors (Lipinski definition) is 0. The van der Waals surface area contributed by atoms with Crippen LogP contribution in [0.4, 0.5) is 5.69 Å². The highest BCUT2D eigenvalue weighted by Crippen LogP contribution is 2.30. The Kier molecular flexibility index (Phi) is 9.67. The van der Waals surface area contributed by atoms with Crippen LogP contribution in [0.5, 0.6) is 0 Å². The summed E-state index contributed by atoms with van der Waals surface area (Å²) in [5.41, 5.74) is 6.51. The van der Waals surface area contributed by atoms with Crippen LogP contribution in [0.15, 0.2) is 79.1 Å². The summed E-state index contributed by atoms with van der Waals surface area (Å²) in [6, 6.07) is 22.5. The van der Waals surface area contributed by atoms with Crippen molar-refractivity contribution in [3.05, 3.63) is 102 Å². The molecule has 5 rings (SSSR count). The standard InChI is InChI=1S/C35H42N6O2/c1-26(2)20-32-22-34(38(4)37-32)35(43)40-19-18-39(24-28-10-6-5-7-11-28)16-9-17-41(27(3)42)33-14-13-29(21-31(33)25-40)30-12-8-15-36-23-30/h5-8,10-15,21-23,26H,9,16-20,24-25H2,1-4H3. The number of carbonyl (C=O) groups excluding carboxylic acids is 2. The number of carbonyl (C=O) groups is 2. The Morgan fingerprint density at radius 1 is 0.907 bits per heavy atom. The van der Waals surface area contributed by atoms with Gasteiger partial charge in [0.2, 0.25) is 5.91 Å². The number of aryl methyl sites for hydroxylation is 1. The van der Waals surface area contributed by atoms with Crippen LogP contribution in [-0.4, -0.2) is 62.6 Å². The number of anilines is 1. The Balaban J connectivity index is 1.54. The van der Waals surface area contributed by atoms with Crippen LogP contribution < -0.4 is 4.90 Å². The molecule has 43 heavy (non-hydrogen) atoms. The van der Waals surface area contributed by atoms with Crippen molar-refractivity contribution in [3.63, 3.8) is 0 Å². The largest absolute Gasteiger partial charge is 0.332 e. The Morgan fingerprint density at radius 2 is 1.72 bits per heavy atom. The summed E-state index contributed by atoms with van der Waals surface area (Å²) >= 11 is 0. The molecule has 0 spiro atoms. The van der Waals surface area contributed by atoms with Gasteiger partial charge in [0.25, 0.3) is 5.91 Å². The van der Waals surface area contributed by atoms with E-state index in [9.17, 15) is 9.59 Å². The molecule has 0 fully saturated rings. The second-order valence-corrected chi connectivity index (χ2v) is 11.8. The van der Waals surface area contributed by atoms with Gasteiger partial charge in [0, 0.05) is 71.3 Å². The summed E-state index contributed by atoms with van der Waals surface area (Å²) in [6.07, 6.45) is 5.24. The molecule has 1 aliphatic rings. The van der Waals surface area contributed by atoms with Gasteiger partial charge in [-0.3, -0.25) is 24.2 Å². The van der Waals surface area contributed by atoms with Crippen molar-refractivity contribution in [2.45, 2.75) is 46.7 Å². The first-order valence-corrected chi connectivity index (χ1v) is 15.2. The molecule has 0 saturated carbocycles. The summed E-state index contributed by atoms with van der Waals surface area (Å²) in [7, 11) is 1.84. The number of nitrogens with zero attached hydrogens (tertiary/aromatic N) is 6. The number of aromatic nitrogens is 3. The third kappa shape index (κ3) is 7.56. The summed E-state index contributed by atoms with van der Waals surface area (Å²) in [4.78, 5) is 37.8. The van der Waals surface area contributed by atoms with E-state index in [2.05, 4.69) is 59.2 Å². The van der Waals surface area contributed by atoms with E-state index in [1.807, 2.05) is 59.4 Å². The van der Waals surface area contributed by atoms with Gasteiger partial charge in [-0.25, -0.2) is 0 Å². The van der Waals surface area contributed by atoms with Crippen molar-refractivity contribution in [1.29, 1.82) is 0 Å². The van der Waals surface area contributed by atoms with E-state index in [1.165, 1.54) is 5.56 Å². The van der Waals surface area contributed by atoms with Crippen molar-refractivity contribution in [2.75, 3.05) is 31.1 Å². The van der Waals surface area contributed by atoms with Gasteiger partial charge in [-0.1, -0.05) is 56.3 Å². The molecule has 8 heteroatoms. The maximum atomic E-state index is 14.3. The summed E-state index contributed by atoms with van der Waals surface area (Å²) in [5, 5.41) is 4.66. The third-order valence-corrected chi connectivity index (χ3v) is 7.95. The molecule has 224 valence electrons. The van der Waals surface area contributed by atoms with E-state index >= 15 is 0 Å². The number of rotatable bonds is 6. The first-order chi connectivity index (χ1) is 20.8. The number of pyridine rings is 1. The molecule has 8 nitrogen and oxygen atoms in total. The third-order valence-electron chi connectivity index (χ3n) is 7.95. The Morgan fingerprint density at radius 3 is 2.44 bits per heavy atom. The minimum absolute atomic E-state index is 0.00734. The van der Waals surface area contributed by atoms with Gasteiger partial charge in [-0.05, 0) is 65.3 Å². The number of fused-ring (bicyclic) bond motifs is 1. The molecule has 0 bridgehead atoms. The van der Waals surface area contributed by atoms with Crippen molar-refractivity contribution >= 4 is 17.5 Å². The average Bonchev–Trinajstić information content (AvgIpc) is 3.34. The molecule has 3 heterocycles. The SMILES string of the molecule is CC(=O)N1CCCN(Cc2ccccc2)CCN(C(=O)c2cc(CC(C)C)nn2C)Cc2cc(-c3cccnc3)ccc21. The molecule has 0 atom stereocenters. The van der Waals surface area contributed by atoms with E-state index in [0.29, 0.717) is 31.2 Å². The fourth-order valence-electron chi connectivity index (χ4n) is 5.83. The molecule has 0 aliphatic carbocycles. The molecule has 2 amide bonds. The normalized spacial score (nSPS) is 14.8. The molecule has 4 aromatic rings. The molecule has 0 radical (unpaired) electrons. The molecule has 2 aromatic heterocycles. The second-order valence-electron chi connectivity index (χ2n) is 11.8. The van der Waals surface area contributed by atoms with Crippen LogP contribution in [-0.2, 0) is 31.4 Å². The first kappa shape index (κ1) is 30.2. The monoisotopic (exact) mass is 578 g/mol. The lowest BCUT2D eigenvalue weighted by Crippen LogP contribution is -2.39. The summed E-state index contributed by atoms with van der Waals surface area (Å²) in [5.74, 6) is 0.375. The first-order valence-electron chi connectivity index (χ1n) is 15.2. The van der Waals surface area contributed by atoms with Gasteiger partial charge >= 0.3 is 0 Å². The zero-order valence-corrected chi connectivity index (χ0v) is 25.7. The molecule has 1 aliphatic heterocycles. The molecular formula is C35H42N6O2. The number of hydrogen-bond acceptors (Lipinski definition) is 5. The Hall–Kier alpha value is -4.30. The second kappa shape index (κ2) is 13.8. The zero-order valence-electron chi connectivity index (χ0n) is 25.7. The minimum Gasteiger partial charge on any atom is -0.332 e. The van der Waals surface area contributed by atoms with Crippen molar-refractivity contribution in [3.8, 4) is 11.1 Å². The van der Waals surface area contributed by atoms with Crippen LogP contribution in [0.2, 0.25) is 0 Å². The van der Waals surface area contributed by atoms with E-state index < -0.39 is 0 Å². The van der Waals surface area contributed by atoms with Crippen LogP contribution in [0.1, 0.15) is 54.5 Å². The van der Waals surface area contributed by atoms with Gasteiger partial charge in [-0.2, -0.15) is 5.10 Å². The molecule has 0 saturated heterocycles. The highest BCUT2D eigenvalue weighted by molar-refractivity contribution is 5.94. The lowest BCUT2D eigenvalue weighted by Gasteiger charge is -2.28. The highest BCUT2D eigenvalue weighted by Gasteiger charge is 2.26. The van der Waals surface area contributed by atoms with E-state index in [1.54, 1.807) is 17.8 Å². The molecular weight excluding hydrogens is 536 g/mol. The summed E-state index contributed by atoms with van der Waals surface area (Å²) < 4.78 is 1.71. The smallest absolute Gasteiger partial charge is 0.272 e. The Labute approximate surface area is 255 Å². The molecule has 0 N–H and O–H groups in total. The van der Waals surface area contributed by atoms with Crippen molar-refractivity contribution in [1.82, 2.24) is 24.6 Å². The lowest BCUT2D eigenvalue weighted by molar-refractivity contribution is -0.116. The van der Waals surface area contributed by atoms with Gasteiger partial charge < -0.3 is 9.80 Å². The maximum absolute atomic E-state index is 14.3. The van der Waals surface area contributed by atoms with Gasteiger partial charge in [0.1, 0.15) is 5.69 Å². The fourth-order valence-corrected chi connectivity index (χ4v) is 5.83. The number of benzene rings is 2. The zero-order chi connectivity index (χ0) is 30.3. The van der Waals surface area contributed by atoms with Crippen LogP contribution in [0.3, 0.4) is 0 Å². The maximum Gasteiger partial charge on any atom is 0.272 e. The van der Waals surface area contributed by atoms with Crippen LogP contribution >= 0.6 is 0 Å². The molecule has 0 unspecified atom stereocenters.